The summed E-state index contributed by atoms with van der Waals surface area (Å²) in [6.07, 6.45) is 8.27. The molecule has 6 atom stereocenters. The fraction of sp³-hybridized carbons (Fsp3) is 0.333. The Morgan fingerprint density at radius 3 is 1.89 bits per heavy atom. The number of aryl methyl sites for hydroxylation is 2. The van der Waals surface area contributed by atoms with Gasteiger partial charge < -0.3 is 9.84 Å². The molecule has 2 aliphatic carbocycles. The number of imide groups is 2. The van der Waals surface area contributed by atoms with Gasteiger partial charge in [0.2, 0.25) is 23.6 Å². The molecule has 7 rings (SSSR count). The Kier molecular flexibility index (Phi) is 7.82. The topological polar surface area (TPSA) is 104 Å². The van der Waals surface area contributed by atoms with Gasteiger partial charge in [0.15, 0.2) is 11.5 Å². The first kappa shape index (κ1) is 30.7. The van der Waals surface area contributed by atoms with E-state index in [2.05, 4.69) is 13.8 Å². The summed E-state index contributed by atoms with van der Waals surface area (Å²) in [7, 11) is 1.48. The van der Waals surface area contributed by atoms with Crippen LogP contribution in [0.25, 0.3) is 6.08 Å². The van der Waals surface area contributed by atoms with Gasteiger partial charge in [-0.25, -0.2) is 0 Å². The molecule has 2 aliphatic heterocycles. The number of amides is 4. The van der Waals surface area contributed by atoms with Gasteiger partial charge in [0.05, 0.1) is 42.2 Å². The maximum atomic E-state index is 14.2. The largest absolute Gasteiger partial charge is 0.504 e. The average molecular weight is 631 g/mol. The first-order valence-electron chi connectivity index (χ1n) is 16.4. The van der Waals surface area contributed by atoms with Crippen molar-refractivity contribution >= 4 is 41.1 Å². The van der Waals surface area contributed by atoms with Gasteiger partial charge in [-0.05, 0) is 84.7 Å². The molecule has 1 saturated carbocycles. The highest BCUT2D eigenvalue weighted by Gasteiger charge is 2.61. The molecule has 0 unspecified atom stereocenters. The Morgan fingerprint density at radius 1 is 0.745 bits per heavy atom. The van der Waals surface area contributed by atoms with Gasteiger partial charge in [0.1, 0.15) is 0 Å². The van der Waals surface area contributed by atoms with E-state index in [0.717, 1.165) is 35.1 Å². The number of phenols is 1. The van der Waals surface area contributed by atoms with E-state index in [0.29, 0.717) is 30.0 Å². The molecule has 3 aromatic rings. The van der Waals surface area contributed by atoms with Gasteiger partial charge in [-0.3, -0.25) is 29.0 Å². The van der Waals surface area contributed by atoms with Crippen molar-refractivity contribution in [2.75, 3.05) is 16.9 Å². The van der Waals surface area contributed by atoms with Gasteiger partial charge in [-0.1, -0.05) is 68.0 Å². The zero-order valence-corrected chi connectivity index (χ0v) is 26.8. The molecular weight excluding hydrogens is 592 g/mol. The SMILES string of the molecule is CCc1ccc(N2C(=O)[C@H]3[C@H](CC=C4[C@H]3C[C@H]3C(=O)N(c5ccc(CC)cc5)C(=O)[C@H]3[C@H]4C=Cc3ccc(O)c(OC)c3)C2=O)cc1. The lowest BCUT2D eigenvalue weighted by atomic mass is 9.58. The van der Waals surface area contributed by atoms with Crippen molar-refractivity contribution in [1.82, 2.24) is 0 Å². The summed E-state index contributed by atoms with van der Waals surface area (Å²) in [5.41, 5.74) is 5.02. The highest BCUT2D eigenvalue weighted by molar-refractivity contribution is 6.24. The molecule has 8 heteroatoms. The lowest BCUT2D eigenvalue weighted by Gasteiger charge is -2.42. The highest BCUT2D eigenvalue weighted by Crippen LogP contribution is 2.56. The quantitative estimate of drug-likeness (QED) is 0.249. The standard InChI is InChI=1S/C39H38N2O6/c1-4-22-6-12-25(13-7-22)40-36(43)29-18-17-27-28(16-10-24-11-19-32(42)33(20-24)47-3)34-31(21-30(27)35(29)39(40)46)37(44)41(38(34)45)26-14-8-23(5-2)9-15-26/h6-17,19-20,28-31,34-35,42H,4-5,18,21H2,1-3H3/t28-,29-,30+,31+,34-,35-/m0/s1. The molecule has 4 amide bonds. The lowest BCUT2D eigenvalue weighted by molar-refractivity contribution is -0.126. The Balaban J connectivity index is 1.28. The zero-order valence-electron chi connectivity index (χ0n) is 26.8. The molecule has 2 heterocycles. The average Bonchev–Trinajstić information content (AvgIpc) is 3.50. The van der Waals surface area contributed by atoms with E-state index in [9.17, 15) is 24.3 Å². The van der Waals surface area contributed by atoms with Crippen molar-refractivity contribution in [3.05, 3.63) is 101 Å². The third-order valence-electron chi connectivity index (χ3n) is 10.6. The summed E-state index contributed by atoms with van der Waals surface area (Å²) in [4.78, 5) is 59.0. The summed E-state index contributed by atoms with van der Waals surface area (Å²) >= 11 is 0. The van der Waals surface area contributed by atoms with E-state index in [-0.39, 0.29) is 35.3 Å². The predicted octanol–water partition coefficient (Wildman–Crippen LogP) is 6.12. The van der Waals surface area contributed by atoms with Crippen LogP contribution in [0.5, 0.6) is 11.5 Å². The molecule has 8 nitrogen and oxygen atoms in total. The maximum Gasteiger partial charge on any atom is 0.238 e. The van der Waals surface area contributed by atoms with Crippen LogP contribution in [0.4, 0.5) is 11.4 Å². The Labute approximate surface area is 274 Å². The van der Waals surface area contributed by atoms with Crippen LogP contribution >= 0.6 is 0 Å². The number of aromatic hydroxyl groups is 1. The number of ether oxygens (including phenoxy) is 1. The van der Waals surface area contributed by atoms with Crippen LogP contribution in [0.15, 0.2) is 84.5 Å². The molecule has 4 aliphatic rings. The number of nitrogens with zero attached hydrogens (tertiary/aromatic N) is 2. The van der Waals surface area contributed by atoms with Crippen molar-refractivity contribution in [2.24, 2.45) is 35.5 Å². The number of fused-ring (bicyclic) bond motifs is 4. The van der Waals surface area contributed by atoms with Crippen LogP contribution in [0.1, 0.15) is 43.4 Å². The van der Waals surface area contributed by atoms with Crippen molar-refractivity contribution in [3.8, 4) is 11.5 Å². The number of anilines is 2. The monoisotopic (exact) mass is 630 g/mol. The molecule has 0 spiro atoms. The van der Waals surface area contributed by atoms with E-state index in [1.54, 1.807) is 18.2 Å². The highest BCUT2D eigenvalue weighted by atomic mass is 16.5. The fourth-order valence-corrected chi connectivity index (χ4v) is 8.13. The lowest BCUT2D eigenvalue weighted by Crippen LogP contribution is -2.43. The van der Waals surface area contributed by atoms with E-state index in [4.69, 9.17) is 4.74 Å². The summed E-state index contributed by atoms with van der Waals surface area (Å²) < 4.78 is 5.30. The third kappa shape index (κ3) is 4.98. The van der Waals surface area contributed by atoms with Gasteiger partial charge >= 0.3 is 0 Å². The van der Waals surface area contributed by atoms with E-state index in [1.807, 2.05) is 66.8 Å². The van der Waals surface area contributed by atoms with Crippen LogP contribution in [0.3, 0.4) is 0 Å². The summed E-state index contributed by atoms with van der Waals surface area (Å²) in [6.45, 7) is 4.11. The first-order chi connectivity index (χ1) is 22.7. The minimum atomic E-state index is -0.646. The van der Waals surface area contributed by atoms with Crippen molar-refractivity contribution < 1.29 is 29.0 Å². The minimum absolute atomic E-state index is 0.0167. The second-order valence-electron chi connectivity index (χ2n) is 12.9. The Hall–Kier alpha value is -4.98. The number of methoxy groups -OCH3 is 1. The molecule has 240 valence electrons. The number of carbonyl (C=O) groups excluding carboxylic acids is 4. The fourth-order valence-electron chi connectivity index (χ4n) is 8.13. The maximum absolute atomic E-state index is 14.2. The number of benzene rings is 3. The summed E-state index contributed by atoms with van der Waals surface area (Å²) in [6, 6.07) is 20.1. The van der Waals surface area contributed by atoms with E-state index in [1.165, 1.54) is 16.9 Å². The number of hydrogen-bond donors (Lipinski definition) is 1. The summed E-state index contributed by atoms with van der Waals surface area (Å²) in [5.74, 6) is -3.88. The van der Waals surface area contributed by atoms with Gasteiger partial charge in [-0.15, -0.1) is 0 Å². The van der Waals surface area contributed by atoms with Crippen molar-refractivity contribution in [1.29, 1.82) is 0 Å². The van der Waals surface area contributed by atoms with Crippen LogP contribution < -0.4 is 14.5 Å². The summed E-state index contributed by atoms with van der Waals surface area (Å²) in [5, 5.41) is 10.1. The number of carbonyl (C=O) groups is 4. The van der Waals surface area contributed by atoms with E-state index >= 15 is 0 Å². The number of allylic oxidation sites excluding steroid dienone is 3. The molecule has 0 bridgehead atoms. The van der Waals surface area contributed by atoms with Crippen LogP contribution in [0, 0.1) is 35.5 Å². The predicted molar refractivity (Wildman–Crippen MR) is 179 cm³/mol. The second kappa shape index (κ2) is 12.0. The van der Waals surface area contributed by atoms with E-state index < -0.39 is 29.6 Å². The van der Waals surface area contributed by atoms with Gasteiger partial charge in [0, 0.05) is 5.92 Å². The molecule has 1 N–H and O–H groups in total. The molecule has 2 saturated heterocycles. The Morgan fingerprint density at radius 2 is 1.32 bits per heavy atom. The third-order valence-corrected chi connectivity index (χ3v) is 10.6. The van der Waals surface area contributed by atoms with Crippen LogP contribution in [-0.4, -0.2) is 35.8 Å². The molecule has 0 radical (unpaired) electrons. The normalized spacial score (nSPS) is 26.8. The van der Waals surface area contributed by atoms with Crippen molar-refractivity contribution in [3.63, 3.8) is 0 Å². The second-order valence-corrected chi connectivity index (χ2v) is 12.9. The molecule has 3 fully saturated rings. The Bertz CT molecular complexity index is 1820. The van der Waals surface area contributed by atoms with Crippen molar-refractivity contribution in [2.45, 2.75) is 39.5 Å². The smallest absolute Gasteiger partial charge is 0.238 e. The zero-order chi connectivity index (χ0) is 33.0. The van der Waals surface area contributed by atoms with Gasteiger partial charge in [-0.2, -0.15) is 0 Å². The molecule has 0 aromatic heterocycles. The molecule has 47 heavy (non-hydrogen) atoms. The van der Waals surface area contributed by atoms with Crippen LogP contribution in [0.2, 0.25) is 0 Å². The van der Waals surface area contributed by atoms with Crippen LogP contribution in [-0.2, 0) is 32.0 Å². The molecular formula is C39H38N2O6. The molecule has 3 aromatic carbocycles. The first-order valence-corrected chi connectivity index (χ1v) is 16.4. The number of hydrogen-bond acceptors (Lipinski definition) is 6. The van der Waals surface area contributed by atoms with Gasteiger partial charge in [0.25, 0.3) is 0 Å². The number of rotatable bonds is 7. The minimum Gasteiger partial charge on any atom is -0.504 e. The number of phenolic OH excluding ortho intramolecular Hbond substituents is 1.